The molecule has 0 saturated carbocycles. The van der Waals surface area contributed by atoms with E-state index in [1.807, 2.05) is 25.7 Å². The molecule has 0 aromatic carbocycles. The van der Waals surface area contributed by atoms with Gasteiger partial charge in [0.1, 0.15) is 0 Å². The van der Waals surface area contributed by atoms with E-state index in [0.29, 0.717) is 17.2 Å². The maximum atomic E-state index is 12.5. The number of piperidine rings is 1. The lowest BCUT2D eigenvalue weighted by Gasteiger charge is -2.35. The van der Waals surface area contributed by atoms with Gasteiger partial charge in [0.15, 0.2) is 0 Å². The van der Waals surface area contributed by atoms with E-state index in [9.17, 15) is 14.7 Å². The minimum atomic E-state index is -1.02. The Balaban J connectivity index is 1.73. The van der Waals surface area contributed by atoms with Crippen molar-refractivity contribution in [2.24, 2.45) is 11.3 Å². The maximum Gasteiger partial charge on any atom is 0.337 e. The average Bonchev–Trinajstić information content (AvgIpc) is 2.68. The number of carbonyl (C=O) groups excluding carboxylic acids is 1. The van der Waals surface area contributed by atoms with Gasteiger partial charge in [-0.3, -0.25) is 19.7 Å². The van der Waals surface area contributed by atoms with Crippen LogP contribution in [0.4, 0.5) is 0 Å². The highest BCUT2D eigenvalue weighted by molar-refractivity contribution is 5.88. The van der Waals surface area contributed by atoms with Crippen molar-refractivity contribution in [3.8, 4) is 11.3 Å². The van der Waals surface area contributed by atoms with Gasteiger partial charge in [-0.15, -0.1) is 0 Å². The van der Waals surface area contributed by atoms with Gasteiger partial charge in [0.05, 0.1) is 17.0 Å². The Morgan fingerprint density at radius 2 is 1.82 bits per heavy atom. The highest BCUT2D eigenvalue weighted by atomic mass is 16.4. The molecule has 0 unspecified atom stereocenters. The first-order chi connectivity index (χ1) is 13.3. The number of nitrogens with zero attached hydrogens (tertiary/aromatic N) is 4. The van der Waals surface area contributed by atoms with E-state index in [-0.39, 0.29) is 16.9 Å². The number of carboxylic acid groups (broad SMARTS) is 1. The van der Waals surface area contributed by atoms with E-state index in [0.717, 1.165) is 38.0 Å². The van der Waals surface area contributed by atoms with E-state index < -0.39 is 5.97 Å². The second-order valence-corrected chi connectivity index (χ2v) is 8.31. The van der Waals surface area contributed by atoms with Gasteiger partial charge < -0.3 is 10.0 Å². The molecule has 0 bridgehead atoms. The number of hydrogen-bond acceptors (Lipinski definition) is 5. The monoisotopic (exact) mass is 382 g/mol. The first-order valence-electron chi connectivity index (χ1n) is 9.53. The third-order valence-electron chi connectivity index (χ3n) is 5.06. The summed E-state index contributed by atoms with van der Waals surface area (Å²) in [5, 5.41) is 9.21. The minimum absolute atomic E-state index is 0.128. The topological polar surface area (TPSA) is 96.3 Å². The van der Waals surface area contributed by atoms with Crippen molar-refractivity contribution in [2.45, 2.75) is 40.0 Å². The molecule has 1 N–H and O–H groups in total. The highest BCUT2D eigenvalue weighted by Crippen LogP contribution is 2.28. The number of amides is 1. The van der Waals surface area contributed by atoms with Crippen molar-refractivity contribution in [3.05, 3.63) is 42.1 Å². The molecule has 148 valence electrons. The number of aromatic carboxylic acids is 1. The van der Waals surface area contributed by atoms with Crippen LogP contribution in [0.3, 0.4) is 0 Å². The zero-order valence-corrected chi connectivity index (χ0v) is 16.6. The van der Waals surface area contributed by atoms with Gasteiger partial charge in [0.25, 0.3) is 0 Å². The zero-order chi connectivity index (χ0) is 20.3. The Morgan fingerprint density at radius 1 is 1.14 bits per heavy atom. The number of rotatable bonds is 4. The van der Waals surface area contributed by atoms with E-state index >= 15 is 0 Å². The van der Waals surface area contributed by atoms with Gasteiger partial charge in [-0.2, -0.15) is 0 Å². The van der Waals surface area contributed by atoms with Crippen molar-refractivity contribution in [1.82, 2.24) is 19.9 Å². The predicted molar refractivity (Wildman–Crippen MR) is 105 cm³/mol. The molecule has 2 aromatic heterocycles. The fourth-order valence-corrected chi connectivity index (χ4v) is 3.53. The van der Waals surface area contributed by atoms with Crippen LogP contribution in [-0.2, 0) is 11.2 Å². The molecule has 2 aromatic rings. The number of likely N-dealkylation sites (tertiary alicyclic amines) is 1. The molecular weight excluding hydrogens is 356 g/mol. The summed E-state index contributed by atoms with van der Waals surface area (Å²) in [5.74, 6) is -0.409. The molecular formula is C21H26N4O3. The highest BCUT2D eigenvalue weighted by Gasteiger charge is 2.30. The third-order valence-corrected chi connectivity index (χ3v) is 5.06. The number of aromatic nitrogens is 3. The van der Waals surface area contributed by atoms with E-state index in [2.05, 4.69) is 15.0 Å². The van der Waals surface area contributed by atoms with Crippen LogP contribution in [0.1, 0.15) is 49.7 Å². The number of carbonyl (C=O) groups is 2. The normalized spacial score (nSPS) is 15.5. The molecule has 0 spiro atoms. The first kappa shape index (κ1) is 19.9. The third kappa shape index (κ3) is 4.52. The molecule has 0 atom stereocenters. The molecule has 7 heteroatoms. The lowest BCUT2D eigenvalue weighted by molar-refractivity contribution is -0.140. The summed E-state index contributed by atoms with van der Waals surface area (Å²) >= 11 is 0. The second-order valence-electron chi connectivity index (χ2n) is 8.31. The summed E-state index contributed by atoms with van der Waals surface area (Å²) in [4.78, 5) is 38.6. The Labute approximate surface area is 164 Å². The van der Waals surface area contributed by atoms with Crippen molar-refractivity contribution in [2.75, 3.05) is 13.1 Å². The fraction of sp³-hybridized carbons (Fsp3) is 0.476. The first-order valence-corrected chi connectivity index (χ1v) is 9.53. The van der Waals surface area contributed by atoms with Crippen LogP contribution >= 0.6 is 0 Å². The lowest BCUT2D eigenvalue weighted by atomic mass is 9.88. The van der Waals surface area contributed by atoms with Crippen LogP contribution in [0.15, 0.2) is 30.9 Å². The average molecular weight is 382 g/mol. The van der Waals surface area contributed by atoms with E-state index in [1.54, 1.807) is 24.7 Å². The van der Waals surface area contributed by atoms with Gasteiger partial charge in [-0.1, -0.05) is 20.8 Å². The molecule has 3 rings (SSSR count). The Hall–Kier alpha value is -2.83. The molecule has 0 radical (unpaired) electrons. The molecule has 7 nitrogen and oxygen atoms in total. The summed E-state index contributed by atoms with van der Waals surface area (Å²) in [6.45, 7) is 7.37. The molecule has 0 aliphatic carbocycles. The van der Waals surface area contributed by atoms with Crippen LogP contribution in [-0.4, -0.2) is 49.9 Å². The summed E-state index contributed by atoms with van der Waals surface area (Å²) in [7, 11) is 0. The van der Waals surface area contributed by atoms with Crippen molar-refractivity contribution in [3.63, 3.8) is 0 Å². The van der Waals surface area contributed by atoms with E-state index in [4.69, 9.17) is 0 Å². The molecule has 1 aliphatic rings. The number of carboxylic acids is 1. The van der Waals surface area contributed by atoms with Crippen molar-refractivity contribution < 1.29 is 14.7 Å². The quantitative estimate of drug-likeness (QED) is 0.873. The Bertz CT molecular complexity index is 868. The van der Waals surface area contributed by atoms with Gasteiger partial charge >= 0.3 is 5.97 Å². The largest absolute Gasteiger partial charge is 0.478 e. The standard InChI is InChI=1S/C21H26N4O3/c1-21(2,3)20(28)25-8-4-14(5-9-25)10-17-18(24-7-6-23-17)15-11-16(19(26)27)13-22-12-15/h6-7,11-14H,4-5,8-10H2,1-3H3,(H,26,27). The predicted octanol–water partition coefficient (Wildman–Crippen LogP) is 3.06. The SMILES string of the molecule is CC(C)(C)C(=O)N1CCC(Cc2nccnc2-c2cncc(C(=O)O)c2)CC1. The van der Waals surface area contributed by atoms with Gasteiger partial charge in [-0.05, 0) is 31.2 Å². The molecule has 1 saturated heterocycles. The fourth-order valence-electron chi connectivity index (χ4n) is 3.53. The summed E-state index contributed by atoms with van der Waals surface area (Å²) in [6.07, 6.45) is 8.80. The molecule has 1 fully saturated rings. The van der Waals surface area contributed by atoms with Crippen molar-refractivity contribution >= 4 is 11.9 Å². The summed E-state index contributed by atoms with van der Waals surface area (Å²) in [5.41, 5.74) is 1.94. The van der Waals surface area contributed by atoms with Crippen LogP contribution < -0.4 is 0 Å². The Morgan fingerprint density at radius 3 is 2.46 bits per heavy atom. The number of pyridine rings is 1. The molecule has 1 amide bonds. The molecule has 1 aliphatic heterocycles. The second kappa shape index (κ2) is 8.04. The van der Waals surface area contributed by atoms with Crippen LogP contribution in [0.5, 0.6) is 0 Å². The van der Waals surface area contributed by atoms with Crippen LogP contribution in [0.25, 0.3) is 11.3 Å². The molecule has 3 heterocycles. The zero-order valence-electron chi connectivity index (χ0n) is 16.6. The van der Waals surface area contributed by atoms with Crippen molar-refractivity contribution in [1.29, 1.82) is 0 Å². The van der Waals surface area contributed by atoms with Gasteiger partial charge in [-0.25, -0.2) is 4.79 Å². The summed E-state index contributed by atoms with van der Waals surface area (Å²) < 4.78 is 0. The van der Waals surface area contributed by atoms with Gasteiger partial charge in [0, 0.05) is 48.9 Å². The lowest BCUT2D eigenvalue weighted by Crippen LogP contribution is -2.44. The minimum Gasteiger partial charge on any atom is -0.478 e. The van der Waals surface area contributed by atoms with Gasteiger partial charge in [0.2, 0.25) is 5.91 Å². The van der Waals surface area contributed by atoms with Crippen LogP contribution in [0.2, 0.25) is 0 Å². The smallest absolute Gasteiger partial charge is 0.337 e. The maximum absolute atomic E-state index is 12.5. The van der Waals surface area contributed by atoms with E-state index in [1.165, 1.54) is 6.20 Å². The number of hydrogen-bond donors (Lipinski definition) is 1. The summed E-state index contributed by atoms with van der Waals surface area (Å²) in [6, 6.07) is 1.58. The van der Waals surface area contributed by atoms with Crippen LogP contribution in [0, 0.1) is 11.3 Å². The Kier molecular flexibility index (Phi) is 5.72. The molecule has 28 heavy (non-hydrogen) atoms.